The van der Waals surface area contributed by atoms with Gasteiger partial charge in [0.2, 0.25) is 10.9 Å². The van der Waals surface area contributed by atoms with Crippen molar-refractivity contribution >= 4 is 16.0 Å². The van der Waals surface area contributed by atoms with Gasteiger partial charge < -0.3 is 9.52 Å². The van der Waals surface area contributed by atoms with Crippen molar-refractivity contribution in [1.29, 1.82) is 5.26 Å². The van der Waals surface area contributed by atoms with Crippen molar-refractivity contribution in [1.82, 2.24) is 4.72 Å². The van der Waals surface area contributed by atoms with E-state index in [1.165, 1.54) is 0 Å². The van der Waals surface area contributed by atoms with Crippen molar-refractivity contribution in [3.8, 4) is 6.07 Å². The zero-order valence-electron chi connectivity index (χ0n) is 8.87. The summed E-state index contributed by atoms with van der Waals surface area (Å²) in [6.45, 7) is 1.48. The number of hydrogen-bond acceptors (Lipinski definition) is 5. The van der Waals surface area contributed by atoms with Crippen LogP contribution in [0.25, 0.3) is 0 Å². The van der Waals surface area contributed by atoms with Crippen molar-refractivity contribution in [2.24, 2.45) is 5.92 Å². The summed E-state index contributed by atoms with van der Waals surface area (Å²) in [5.41, 5.74) is 0. The molecule has 92 valence electrons. The van der Waals surface area contributed by atoms with E-state index in [0.29, 0.717) is 0 Å². The lowest BCUT2D eigenvalue weighted by Crippen LogP contribution is -2.27. The molecule has 1 aromatic heterocycles. The van der Waals surface area contributed by atoms with Crippen LogP contribution >= 0.6 is 0 Å². The number of furan rings is 1. The minimum absolute atomic E-state index is 0.0675. The molecule has 7 nitrogen and oxygen atoms in total. The van der Waals surface area contributed by atoms with E-state index in [9.17, 15) is 13.2 Å². The number of carbonyl (C=O) groups is 1. The van der Waals surface area contributed by atoms with Crippen LogP contribution in [0, 0.1) is 17.2 Å². The summed E-state index contributed by atoms with van der Waals surface area (Å²) in [4.78, 5) is 10.5. The molecule has 2 N–H and O–H groups in total. The number of nitrogens with one attached hydrogen (secondary N) is 1. The predicted octanol–water partition coefficient (Wildman–Crippen LogP) is 0.416. The Bertz CT molecular complexity index is 554. The molecule has 0 radical (unpaired) electrons. The van der Waals surface area contributed by atoms with Crippen LogP contribution in [0.5, 0.6) is 0 Å². The molecule has 0 aromatic carbocycles. The second-order valence-electron chi connectivity index (χ2n) is 3.31. The normalized spacial score (nSPS) is 12.9. The SMILES string of the molecule is CC(C#N)CNS(=O)(=O)c1ccc(C(=O)O)o1. The fraction of sp³-hybridized carbons (Fsp3) is 0.333. The van der Waals surface area contributed by atoms with E-state index in [2.05, 4.69) is 9.14 Å². The van der Waals surface area contributed by atoms with Crippen molar-refractivity contribution < 1.29 is 22.7 Å². The third-order valence-corrected chi connectivity index (χ3v) is 3.15. The zero-order chi connectivity index (χ0) is 13.1. The molecule has 1 rings (SSSR count). The number of hydrogen-bond donors (Lipinski definition) is 2. The number of sulfonamides is 1. The summed E-state index contributed by atoms with van der Waals surface area (Å²) in [7, 11) is -3.91. The second-order valence-corrected chi connectivity index (χ2v) is 5.00. The Morgan fingerprint density at radius 1 is 1.65 bits per heavy atom. The van der Waals surface area contributed by atoms with E-state index in [1.807, 2.05) is 6.07 Å². The summed E-state index contributed by atoms with van der Waals surface area (Å²) < 4.78 is 29.9. The van der Waals surface area contributed by atoms with Gasteiger partial charge in [-0.2, -0.15) is 5.26 Å². The van der Waals surface area contributed by atoms with Crippen LogP contribution in [-0.2, 0) is 10.0 Å². The Morgan fingerprint density at radius 2 is 2.29 bits per heavy atom. The van der Waals surface area contributed by atoms with Crippen molar-refractivity contribution in [3.05, 3.63) is 17.9 Å². The minimum Gasteiger partial charge on any atom is -0.475 e. The van der Waals surface area contributed by atoms with Gasteiger partial charge in [-0.1, -0.05) is 0 Å². The van der Waals surface area contributed by atoms with Crippen LogP contribution in [0.1, 0.15) is 17.5 Å². The smallest absolute Gasteiger partial charge is 0.371 e. The van der Waals surface area contributed by atoms with Gasteiger partial charge in [-0.15, -0.1) is 0 Å². The molecule has 1 atom stereocenters. The summed E-state index contributed by atoms with van der Waals surface area (Å²) in [6.07, 6.45) is 0. The molecule has 1 unspecified atom stereocenters. The standard InChI is InChI=1S/C9H10N2O5S/c1-6(4-10)5-11-17(14,15)8-3-2-7(16-8)9(12)13/h2-3,6,11H,5H2,1H3,(H,12,13). The van der Waals surface area contributed by atoms with Crippen molar-refractivity contribution in [2.75, 3.05) is 6.54 Å². The average molecular weight is 258 g/mol. The number of aromatic carboxylic acids is 1. The Labute approximate surface area is 97.7 Å². The van der Waals surface area contributed by atoms with Crippen LogP contribution in [0.4, 0.5) is 0 Å². The Morgan fingerprint density at radius 3 is 2.76 bits per heavy atom. The molecule has 1 heterocycles. The predicted molar refractivity (Wildman–Crippen MR) is 55.6 cm³/mol. The van der Waals surface area contributed by atoms with Gasteiger partial charge in [0.1, 0.15) is 0 Å². The molecule has 0 aliphatic rings. The van der Waals surface area contributed by atoms with Gasteiger partial charge in [0.25, 0.3) is 10.0 Å². The summed E-state index contributed by atoms with van der Waals surface area (Å²) >= 11 is 0. The summed E-state index contributed by atoms with van der Waals surface area (Å²) in [5, 5.41) is 16.6. The highest BCUT2D eigenvalue weighted by Crippen LogP contribution is 2.13. The maximum Gasteiger partial charge on any atom is 0.371 e. The molecule has 0 spiro atoms. The number of rotatable bonds is 5. The quantitative estimate of drug-likeness (QED) is 0.789. The second kappa shape index (κ2) is 4.99. The first-order chi connectivity index (χ1) is 7.86. The van der Waals surface area contributed by atoms with E-state index in [0.717, 1.165) is 12.1 Å². The molecule has 17 heavy (non-hydrogen) atoms. The summed E-state index contributed by atoms with van der Waals surface area (Å²) in [6, 6.07) is 3.95. The van der Waals surface area contributed by atoms with E-state index >= 15 is 0 Å². The monoisotopic (exact) mass is 258 g/mol. The van der Waals surface area contributed by atoms with Crippen LogP contribution in [0.3, 0.4) is 0 Å². The molecular formula is C9H10N2O5S. The molecule has 0 bridgehead atoms. The highest BCUT2D eigenvalue weighted by atomic mass is 32.2. The van der Waals surface area contributed by atoms with Crippen molar-refractivity contribution in [2.45, 2.75) is 12.0 Å². The fourth-order valence-electron chi connectivity index (χ4n) is 0.931. The third kappa shape index (κ3) is 3.30. The Hall–Kier alpha value is -1.85. The van der Waals surface area contributed by atoms with Gasteiger partial charge in [-0.3, -0.25) is 0 Å². The zero-order valence-corrected chi connectivity index (χ0v) is 9.69. The lowest BCUT2D eigenvalue weighted by molar-refractivity contribution is 0.0656. The van der Waals surface area contributed by atoms with Gasteiger partial charge in [0, 0.05) is 6.54 Å². The fourth-order valence-corrected chi connectivity index (χ4v) is 1.99. The first kappa shape index (κ1) is 13.2. The first-order valence-corrected chi connectivity index (χ1v) is 6.07. The molecule has 0 aliphatic heterocycles. The molecule has 0 aliphatic carbocycles. The van der Waals surface area contributed by atoms with E-state index < -0.39 is 32.8 Å². The third-order valence-electron chi connectivity index (χ3n) is 1.86. The van der Waals surface area contributed by atoms with Gasteiger partial charge in [-0.25, -0.2) is 17.9 Å². The number of nitrogens with zero attached hydrogens (tertiary/aromatic N) is 1. The molecule has 0 fully saturated rings. The van der Waals surface area contributed by atoms with E-state index in [1.54, 1.807) is 6.92 Å². The lowest BCUT2D eigenvalue weighted by atomic mass is 10.2. The van der Waals surface area contributed by atoms with Gasteiger partial charge in [0.15, 0.2) is 0 Å². The van der Waals surface area contributed by atoms with E-state index in [4.69, 9.17) is 10.4 Å². The number of carboxylic acids is 1. The maximum atomic E-state index is 11.6. The molecule has 0 amide bonds. The molecule has 8 heteroatoms. The van der Waals surface area contributed by atoms with Crippen LogP contribution in [-0.4, -0.2) is 26.0 Å². The molecule has 0 saturated carbocycles. The number of nitriles is 1. The van der Waals surface area contributed by atoms with Crippen LogP contribution in [0.2, 0.25) is 0 Å². The first-order valence-electron chi connectivity index (χ1n) is 4.59. The topological polar surface area (TPSA) is 120 Å². The molecular weight excluding hydrogens is 248 g/mol. The van der Waals surface area contributed by atoms with Crippen LogP contribution < -0.4 is 4.72 Å². The Balaban J connectivity index is 2.83. The highest BCUT2D eigenvalue weighted by molar-refractivity contribution is 7.89. The molecule has 1 aromatic rings. The highest BCUT2D eigenvalue weighted by Gasteiger charge is 2.21. The summed E-state index contributed by atoms with van der Waals surface area (Å²) in [5.74, 6) is -2.30. The van der Waals surface area contributed by atoms with Gasteiger partial charge >= 0.3 is 5.97 Å². The van der Waals surface area contributed by atoms with E-state index in [-0.39, 0.29) is 6.54 Å². The lowest BCUT2D eigenvalue weighted by Gasteiger charge is -2.04. The van der Waals surface area contributed by atoms with Crippen molar-refractivity contribution in [3.63, 3.8) is 0 Å². The maximum absolute atomic E-state index is 11.6. The van der Waals surface area contributed by atoms with Crippen LogP contribution in [0.15, 0.2) is 21.6 Å². The van der Waals surface area contributed by atoms with Gasteiger partial charge in [0.05, 0.1) is 12.0 Å². The Kier molecular flexibility index (Phi) is 3.88. The number of carboxylic acid groups (broad SMARTS) is 1. The molecule has 0 saturated heterocycles. The largest absolute Gasteiger partial charge is 0.475 e. The average Bonchev–Trinajstić information content (AvgIpc) is 2.76. The van der Waals surface area contributed by atoms with Gasteiger partial charge in [-0.05, 0) is 19.1 Å². The minimum atomic E-state index is -3.91.